The van der Waals surface area contributed by atoms with E-state index in [9.17, 15) is 14.4 Å². The van der Waals surface area contributed by atoms with Crippen LogP contribution in [0.5, 0.6) is 0 Å². The summed E-state index contributed by atoms with van der Waals surface area (Å²) in [6.07, 6.45) is -0.0557. The molecule has 0 aromatic heterocycles. The summed E-state index contributed by atoms with van der Waals surface area (Å²) in [5.41, 5.74) is 2.79. The highest BCUT2D eigenvalue weighted by molar-refractivity contribution is 8.03. The standard InChI is InChI=1S/C21H20N2O4S/c1-14-10-17(28-13-22)11-15(2)21(14)23-19(25)12-27-20(26)9-8-18(24)16-6-4-3-5-7-16/h3-7,10-11H,8-9,12H2,1-2H3,(H,23,25). The Labute approximate surface area is 167 Å². The van der Waals surface area contributed by atoms with Crippen molar-refractivity contribution in [1.82, 2.24) is 0 Å². The highest BCUT2D eigenvalue weighted by atomic mass is 32.2. The minimum atomic E-state index is -0.603. The zero-order chi connectivity index (χ0) is 20.5. The van der Waals surface area contributed by atoms with Crippen LogP contribution in [0.3, 0.4) is 0 Å². The molecule has 0 aliphatic rings. The number of thiocyanates is 1. The lowest BCUT2D eigenvalue weighted by Crippen LogP contribution is -2.22. The van der Waals surface area contributed by atoms with Crippen LogP contribution < -0.4 is 5.32 Å². The van der Waals surface area contributed by atoms with Crippen molar-refractivity contribution in [2.45, 2.75) is 31.6 Å². The molecule has 2 rings (SSSR count). The van der Waals surface area contributed by atoms with Crippen LogP contribution in [-0.2, 0) is 14.3 Å². The van der Waals surface area contributed by atoms with Gasteiger partial charge in [-0.2, -0.15) is 5.26 Å². The van der Waals surface area contributed by atoms with Crippen molar-refractivity contribution in [3.63, 3.8) is 0 Å². The first-order valence-electron chi connectivity index (χ1n) is 8.61. The number of Topliss-reactive ketones (excluding diaryl/α,β-unsaturated/α-hetero) is 1. The summed E-state index contributed by atoms with van der Waals surface area (Å²) in [6, 6.07) is 12.3. The quantitative estimate of drug-likeness (QED) is 0.313. The molecule has 0 fully saturated rings. The van der Waals surface area contributed by atoms with Gasteiger partial charge in [-0.25, -0.2) is 0 Å². The molecule has 0 bridgehead atoms. The number of nitriles is 1. The van der Waals surface area contributed by atoms with Gasteiger partial charge in [0.25, 0.3) is 5.91 Å². The number of thioether (sulfide) groups is 1. The zero-order valence-electron chi connectivity index (χ0n) is 15.7. The molecular formula is C21H20N2O4S. The average Bonchev–Trinajstić information content (AvgIpc) is 2.68. The van der Waals surface area contributed by atoms with E-state index in [1.807, 2.05) is 25.3 Å². The number of amides is 1. The predicted molar refractivity (Wildman–Crippen MR) is 107 cm³/mol. The average molecular weight is 396 g/mol. The molecule has 28 heavy (non-hydrogen) atoms. The molecule has 144 valence electrons. The van der Waals surface area contributed by atoms with Gasteiger partial charge < -0.3 is 10.1 Å². The maximum atomic E-state index is 12.1. The van der Waals surface area contributed by atoms with Gasteiger partial charge in [-0.05, 0) is 48.9 Å². The third-order valence-electron chi connectivity index (χ3n) is 3.95. The number of hydrogen-bond donors (Lipinski definition) is 1. The highest BCUT2D eigenvalue weighted by Gasteiger charge is 2.13. The fraction of sp³-hybridized carbons (Fsp3) is 0.238. The summed E-state index contributed by atoms with van der Waals surface area (Å²) in [5, 5.41) is 13.5. The van der Waals surface area contributed by atoms with Crippen LogP contribution in [0.4, 0.5) is 5.69 Å². The number of carbonyl (C=O) groups excluding carboxylic acids is 3. The minimum absolute atomic E-state index is 0.0285. The van der Waals surface area contributed by atoms with Crippen molar-refractivity contribution in [3.8, 4) is 5.40 Å². The van der Waals surface area contributed by atoms with Crippen molar-refractivity contribution in [2.24, 2.45) is 0 Å². The number of aryl methyl sites for hydroxylation is 2. The van der Waals surface area contributed by atoms with Crippen LogP contribution in [0.2, 0.25) is 0 Å². The molecule has 6 nitrogen and oxygen atoms in total. The van der Waals surface area contributed by atoms with Gasteiger partial charge in [-0.1, -0.05) is 30.3 Å². The smallest absolute Gasteiger partial charge is 0.306 e. The molecule has 7 heteroatoms. The summed E-state index contributed by atoms with van der Waals surface area (Å²) in [4.78, 5) is 36.6. The van der Waals surface area contributed by atoms with Crippen molar-refractivity contribution in [2.75, 3.05) is 11.9 Å². The summed E-state index contributed by atoms with van der Waals surface area (Å²) in [7, 11) is 0. The van der Waals surface area contributed by atoms with E-state index in [0.717, 1.165) is 27.8 Å². The number of nitrogens with zero attached hydrogens (tertiary/aromatic N) is 1. The van der Waals surface area contributed by atoms with E-state index >= 15 is 0 Å². The summed E-state index contributed by atoms with van der Waals surface area (Å²) in [6.45, 7) is 3.22. The van der Waals surface area contributed by atoms with Crippen molar-refractivity contribution >= 4 is 35.1 Å². The topological polar surface area (TPSA) is 96.3 Å². The molecule has 0 unspecified atom stereocenters. The molecule has 0 spiro atoms. The predicted octanol–water partition coefficient (Wildman–Crippen LogP) is 4.02. The lowest BCUT2D eigenvalue weighted by atomic mass is 10.1. The Bertz CT molecular complexity index is 897. The molecule has 0 radical (unpaired) electrons. The molecule has 0 aliphatic carbocycles. The Morgan fingerprint density at radius 3 is 2.32 bits per heavy atom. The number of ketones is 1. The normalized spacial score (nSPS) is 10.0. The molecule has 0 atom stereocenters. The Kier molecular flexibility index (Phi) is 7.78. The van der Waals surface area contributed by atoms with Gasteiger partial charge in [0.15, 0.2) is 12.4 Å². The molecule has 1 amide bonds. The van der Waals surface area contributed by atoms with E-state index < -0.39 is 18.5 Å². The first kappa shape index (κ1) is 21.2. The Morgan fingerprint density at radius 1 is 1.07 bits per heavy atom. The number of carbonyl (C=O) groups is 3. The summed E-state index contributed by atoms with van der Waals surface area (Å²) < 4.78 is 4.95. The van der Waals surface area contributed by atoms with E-state index in [2.05, 4.69) is 5.32 Å². The van der Waals surface area contributed by atoms with E-state index in [0.29, 0.717) is 11.3 Å². The summed E-state index contributed by atoms with van der Waals surface area (Å²) in [5.74, 6) is -1.22. The first-order chi connectivity index (χ1) is 13.4. The second-order valence-electron chi connectivity index (χ2n) is 6.12. The maximum absolute atomic E-state index is 12.1. The zero-order valence-corrected chi connectivity index (χ0v) is 16.5. The van der Waals surface area contributed by atoms with E-state index in [-0.39, 0.29) is 18.6 Å². The Balaban J connectivity index is 1.81. The van der Waals surface area contributed by atoms with Crippen LogP contribution in [0.15, 0.2) is 47.4 Å². The van der Waals surface area contributed by atoms with Gasteiger partial charge in [0.1, 0.15) is 5.40 Å². The monoisotopic (exact) mass is 396 g/mol. The fourth-order valence-corrected chi connectivity index (χ4v) is 3.19. The largest absolute Gasteiger partial charge is 0.456 e. The fourth-order valence-electron chi connectivity index (χ4n) is 2.61. The van der Waals surface area contributed by atoms with E-state index in [1.54, 1.807) is 36.4 Å². The number of hydrogen-bond acceptors (Lipinski definition) is 6. The number of nitrogens with one attached hydrogen (secondary N) is 1. The van der Waals surface area contributed by atoms with Crippen LogP contribution in [-0.4, -0.2) is 24.3 Å². The number of esters is 1. The Hall–Kier alpha value is -3.11. The third kappa shape index (κ3) is 6.25. The molecule has 0 aliphatic heterocycles. The molecule has 0 saturated heterocycles. The number of anilines is 1. The molecule has 0 saturated carbocycles. The lowest BCUT2D eigenvalue weighted by molar-refractivity contribution is -0.147. The van der Waals surface area contributed by atoms with Crippen molar-refractivity contribution in [1.29, 1.82) is 5.26 Å². The van der Waals surface area contributed by atoms with Gasteiger partial charge >= 0.3 is 5.97 Å². The van der Waals surface area contributed by atoms with Crippen LogP contribution >= 0.6 is 11.8 Å². The van der Waals surface area contributed by atoms with Crippen LogP contribution in [0.1, 0.15) is 34.3 Å². The van der Waals surface area contributed by atoms with E-state index in [4.69, 9.17) is 10.00 Å². The molecular weight excluding hydrogens is 376 g/mol. The third-order valence-corrected chi connectivity index (χ3v) is 4.51. The van der Waals surface area contributed by atoms with Crippen LogP contribution in [0, 0.1) is 24.5 Å². The second kappa shape index (κ2) is 10.3. The highest BCUT2D eigenvalue weighted by Crippen LogP contribution is 2.27. The SMILES string of the molecule is Cc1cc(SC#N)cc(C)c1NC(=O)COC(=O)CCC(=O)c1ccccc1. The molecule has 0 heterocycles. The number of rotatable bonds is 8. The molecule has 2 aromatic carbocycles. The Morgan fingerprint density at radius 2 is 1.71 bits per heavy atom. The lowest BCUT2D eigenvalue weighted by Gasteiger charge is -2.13. The maximum Gasteiger partial charge on any atom is 0.306 e. The molecule has 2 aromatic rings. The van der Waals surface area contributed by atoms with Gasteiger partial charge in [-0.3, -0.25) is 14.4 Å². The first-order valence-corrected chi connectivity index (χ1v) is 9.43. The second-order valence-corrected chi connectivity index (χ2v) is 6.98. The number of ether oxygens (including phenoxy) is 1. The minimum Gasteiger partial charge on any atom is -0.456 e. The van der Waals surface area contributed by atoms with Crippen molar-refractivity contribution in [3.05, 3.63) is 59.2 Å². The number of benzene rings is 2. The van der Waals surface area contributed by atoms with Gasteiger partial charge in [0, 0.05) is 22.6 Å². The van der Waals surface area contributed by atoms with Crippen LogP contribution in [0.25, 0.3) is 0 Å². The van der Waals surface area contributed by atoms with Crippen molar-refractivity contribution < 1.29 is 19.1 Å². The van der Waals surface area contributed by atoms with E-state index in [1.165, 1.54) is 0 Å². The summed E-state index contributed by atoms with van der Waals surface area (Å²) >= 11 is 1.05. The van der Waals surface area contributed by atoms with Gasteiger partial charge in [0.05, 0.1) is 6.42 Å². The van der Waals surface area contributed by atoms with Gasteiger partial charge in [0.2, 0.25) is 0 Å². The molecule has 1 N–H and O–H groups in total. The van der Waals surface area contributed by atoms with Gasteiger partial charge in [-0.15, -0.1) is 0 Å².